The molecule has 1 amide bonds. The van der Waals surface area contributed by atoms with Crippen molar-refractivity contribution in [1.82, 2.24) is 4.57 Å². The summed E-state index contributed by atoms with van der Waals surface area (Å²) in [4.78, 5) is 16.1. The third-order valence-electron chi connectivity index (χ3n) is 6.85. The number of carbonyl (C=O) groups excluding carboxylic acids is 1. The first-order valence-electron chi connectivity index (χ1n) is 11.3. The smallest absolute Gasteiger partial charge is 0.259 e. The van der Waals surface area contributed by atoms with Crippen LogP contribution >= 0.6 is 0 Å². The van der Waals surface area contributed by atoms with Crippen LogP contribution in [0, 0.1) is 0 Å². The molecule has 1 atom stereocenters. The van der Waals surface area contributed by atoms with Crippen molar-refractivity contribution in [2.24, 2.45) is 7.05 Å². The minimum Gasteiger partial charge on any atom is -0.350 e. The summed E-state index contributed by atoms with van der Waals surface area (Å²) >= 11 is 0. The molecule has 160 valence electrons. The molecule has 1 unspecified atom stereocenters. The van der Waals surface area contributed by atoms with E-state index in [4.69, 9.17) is 0 Å². The first kappa shape index (κ1) is 19.6. The number of hydrogen-bond donors (Lipinski definition) is 0. The predicted octanol–water partition coefficient (Wildman–Crippen LogP) is 6.33. The Bertz CT molecular complexity index is 1470. The maximum absolute atomic E-state index is 14.0. The number of fused-ring (bicyclic) bond motifs is 2. The van der Waals surface area contributed by atoms with Gasteiger partial charge in [-0.1, -0.05) is 84.9 Å². The molecule has 33 heavy (non-hydrogen) atoms. The van der Waals surface area contributed by atoms with Crippen LogP contribution in [0.3, 0.4) is 0 Å². The normalized spacial score (nSPS) is 17.5. The lowest BCUT2D eigenvalue weighted by molar-refractivity contribution is 0.0982. The van der Waals surface area contributed by atoms with Gasteiger partial charge < -0.3 is 4.57 Å². The molecule has 0 bridgehead atoms. The van der Waals surface area contributed by atoms with Crippen molar-refractivity contribution < 1.29 is 4.79 Å². The Kier molecular flexibility index (Phi) is 4.44. The summed E-state index contributed by atoms with van der Waals surface area (Å²) in [6, 6.07) is 37.1. The van der Waals surface area contributed by atoms with Gasteiger partial charge in [0.25, 0.3) is 5.91 Å². The predicted molar refractivity (Wildman–Crippen MR) is 134 cm³/mol. The highest BCUT2D eigenvalue weighted by atomic mass is 16.2. The van der Waals surface area contributed by atoms with Crippen molar-refractivity contribution in [1.29, 1.82) is 0 Å². The molecule has 2 heterocycles. The van der Waals surface area contributed by atoms with Crippen molar-refractivity contribution >= 4 is 22.5 Å². The summed E-state index contributed by atoms with van der Waals surface area (Å²) in [7, 11) is 2.08. The molecule has 5 aromatic rings. The molecule has 0 saturated carbocycles. The van der Waals surface area contributed by atoms with E-state index in [1.165, 1.54) is 10.9 Å². The summed E-state index contributed by atoms with van der Waals surface area (Å²) in [5.41, 5.74) is 5.55. The van der Waals surface area contributed by atoms with Gasteiger partial charge in [-0.3, -0.25) is 9.69 Å². The molecular weight excluding hydrogens is 404 g/mol. The van der Waals surface area contributed by atoms with Gasteiger partial charge in [0, 0.05) is 47.4 Å². The second kappa shape index (κ2) is 7.49. The molecule has 6 rings (SSSR count). The van der Waals surface area contributed by atoms with Gasteiger partial charge in [0.2, 0.25) is 0 Å². The summed E-state index contributed by atoms with van der Waals surface area (Å²) in [6.45, 7) is 0. The standard InChI is InChI=1S/C30H24N2O/c1-31-21-27(24-16-9-11-19-28(24)31)30(20-22-12-4-2-5-13-22)26-18-10-8-17-25(26)29(33)32(30)23-14-6-3-7-15-23/h2-19,21H,20H2,1H3. The van der Waals surface area contributed by atoms with E-state index in [9.17, 15) is 4.79 Å². The third-order valence-corrected chi connectivity index (χ3v) is 6.85. The second-order valence-electron chi connectivity index (χ2n) is 8.72. The lowest BCUT2D eigenvalue weighted by atomic mass is 9.77. The zero-order valence-corrected chi connectivity index (χ0v) is 18.5. The van der Waals surface area contributed by atoms with Crippen LogP contribution in [0.15, 0.2) is 115 Å². The number of rotatable bonds is 4. The van der Waals surface area contributed by atoms with Crippen molar-refractivity contribution in [3.8, 4) is 0 Å². The number of carbonyl (C=O) groups is 1. The number of hydrogen-bond acceptors (Lipinski definition) is 1. The number of para-hydroxylation sites is 2. The highest BCUT2D eigenvalue weighted by Crippen LogP contribution is 2.50. The van der Waals surface area contributed by atoms with Crippen molar-refractivity contribution in [2.45, 2.75) is 12.0 Å². The van der Waals surface area contributed by atoms with Crippen LogP contribution in [0.2, 0.25) is 0 Å². The van der Waals surface area contributed by atoms with Gasteiger partial charge in [0.15, 0.2) is 0 Å². The van der Waals surface area contributed by atoms with E-state index in [0.29, 0.717) is 6.42 Å². The Morgan fingerprint density at radius 1 is 0.697 bits per heavy atom. The number of amides is 1. The van der Waals surface area contributed by atoms with Crippen molar-refractivity contribution in [3.63, 3.8) is 0 Å². The molecule has 3 nitrogen and oxygen atoms in total. The fourth-order valence-electron chi connectivity index (χ4n) is 5.46. The zero-order chi connectivity index (χ0) is 22.4. The van der Waals surface area contributed by atoms with Crippen LogP contribution in [0.4, 0.5) is 5.69 Å². The Morgan fingerprint density at radius 2 is 1.33 bits per heavy atom. The first-order valence-corrected chi connectivity index (χ1v) is 11.3. The maximum atomic E-state index is 14.0. The lowest BCUT2D eigenvalue weighted by Gasteiger charge is -2.40. The minimum absolute atomic E-state index is 0.0423. The monoisotopic (exact) mass is 428 g/mol. The van der Waals surface area contributed by atoms with Crippen LogP contribution in [-0.2, 0) is 19.0 Å². The summed E-state index contributed by atoms with van der Waals surface area (Å²) in [6.07, 6.45) is 2.89. The lowest BCUT2D eigenvalue weighted by Crippen LogP contribution is -2.46. The second-order valence-corrected chi connectivity index (χ2v) is 8.72. The maximum Gasteiger partial charge on any atom is 0.259 e. The zero-order valence-electron chi connectivity index (χ0n) is 18.5. The number of aromatic nitrogens is 1. The van der Waals surface area contributed by atoms with E-state index in [2.05, 4.69) is 72.4 Å². The highest BCUT2D eigenvalue weighted by Gasteiger charge is 2.52. The average Bonchev–Trinajstić information content (AvgIpc) is 3.33. The molecule has 0 spiro atoms. The average molecular weight is 429 g/mol. The van der Waals surface area contributed by atoms with Crippen LogP contribution in [-0.4, -0.2) is 10.5 Å². The fraction of sp³-hybridized carbons (Fsp3) is 0.100. The molecule has 1 aromatic heterocycles. The molecule has 0 aliphatic carbocycles. The van der Waals surface area contributed by atoms with E-state index >= 15 is 0 Å². The summed E-state index contributed by atoms with van der Waals surface area (Å²) in [5, 5.41) is 1.17. The molecular formula is C30H24N2O. The number of nitrogens with zero attached hydrogens (tertiary/aromatic N) is 2. The largest absolute Gasteiger partial charge is 0.350 e. The van der Waals surface area contributed by atoms with Gasteiger partial charge in [-0.2, -0.15) is 0 Å². The van der Waals surface area contributed by atoms with Gasteiger partial charge in [0.1, 0.15) is 5.54 Å². The number of anilines is 1. The Morgan fingerprint density at radius 3 is 2.12 bits per heavy atom. The fourth-order valence-corrected chi connectivity index (χ4v) is 5.46. The molecule has 4 aromatic carbocycles. The summed E-state index contributed by atoms with van der Waals surface area (Å²) in [5.74, 6) is 0.0423. The Balaban J connectivity index is 1.74. The molecule has 3 heteroatoms. The van der Waals surface area contributed by atoms with Crippen molar-refractivity contribution in [3.05, 3.63) is 138 Å². The highest BCUT2D eigenvalue weighted by molar-refractivity contribution is 6.13. The summed E-state index contributed by atoms with van der Waals surface area (Å²) < 4.78 is 2.17. The molecule has 1 aliphatic heterocycles. The van der Waals surface area contributed by atoms with Gasteiger partial charge in [-0.15, -0.1) is 0 Å². The number of aryl methyl sites for hydroxylation is 1. The van der Waals surface area contributed by atoms with Gasteiger partial charge in [-0.05, 0) is 35.4 Å². The molecule has 0 saturated heterocycles. The van der Waals surface area contributed by atoms with E-state index in [1.54, 1.807) is 0 Å². The number of benzene rings is 4. The van der Waals surface area contributed by atoms with E-state index in [-0.39, 0.29) is 5.91 Å². The quantitative estimate of drug-likeness (QED) is 0.329. The Hall–Kier alpha value is -4.11. The molecule has 0 radical (unpaired) electrons. The van der Waals surface area contributed by atoms with Crippen LogP contribution in [0.25, 0.3) is 10.9 Å². The third kappa shape index (κ3) is 2.86. The molecule has 1 aliphatic rings. The van der Waals surface area contributed by atoms with E-state index < -0.39 is 5.54 Å². The molecule has 0 fully saturated rings. The first-order chi connectivity index (χ1) is 16.2. The minimum atomic E-state index is -0.669. The van der Waals surface area contributed by atoms with Gasteiger partial charge in [-0.25, -0.2) is 0 Å². The topological polar surface area (TPSA) is 25.2 Å². The van der Waals surface area contributed by atoms with E-state index in [0.717, 1.165) is 27.9 Å². The van der Waals surface area contributed by atoms with Crippen LogP contribution < -0.4 is 4.90 Å². The van der Waals surface area contributed by atoms with Crippen molar-refractivity contribution in [2.75, 3.05) is 4.90 Å². The van der Waals surface area contributed by atoms with Crippen LogP contribution in [0.5, 0.6) is 0 Å². The van der Waals surface area contributed by atoms with Crippen LogP contribution in [0.1, 0.15) is 27.0 Å². The van der Waals surface area contributed by atoms with Gasteiger partial charge in [0.05, 0.1) is 0 Å². The SMILES string of the molecule is Cn1cc(C2(Cc3ccccc3)c3ccccc3C(=O)N2c2ccccc2)c2ccccc21. The molecule has 0 N–H and O–H groups in total. The van der Waals surface area contributed by atoms with Gasteiger partial charge >= 0.3 is 0 Å². The Labute approximate surface area is 193 Å². The van der Waals surface area contributed by atoms with E-state index in [1.807, 2.05) is 59.5 Å².